The molecule has 0 aliphatic carbocycles. The van der Waals surface area contributed by atoms with E-state index in [1.165, 1.54) is 31.4 Å². The van der Waals surface area contributed by atoms with Crippen molar-refractivity contribution in [2.75, 3.05) is 33.3 Å². The molecule has 106 valence electrons. The zero-order valence-electron chi connectivity index (χ0n) is 12.2. The minimum atomic E-state index is 0.664. The number of nitrogens with zero attached hydrogens (tertiary/aromatic N) is 1. The zero-order valence-corrected chi connectivity index (χ0v) is 12.2. The first-order valence-corrected chi connectivity index (χ1v) is 7.36. The Balaban J connectivity index is 1.66. The second-order valence-corrected chi connectivity index (χ2v) is 5.52. The molecule has 2 rings (SSSR count). The number of benzene rings is 1. The van der Waals surface area contributed by atoms with Gasteiger partial charge in [0, 0.05) is 19.1 Å². The van der Waals surface area contributed by atoms with Crippen molar-refractivity contribution in [1.82, 2.24) is 10.2 Å². The van der Waals surface area contributed by atoms with E-state index in [1.54, 1.807) is 0 Å². The highest BCUT2D eigenvalue weighted by Crippen LogP contribution is 2.15. The number of rotatable bonds is 6. The number of nitrogens with one attached hydrogen (secondary N) is 1. The molecule has 1 aromatic carbocycles. The maximum Gasteiger partial charge on any atom is 0.122 e. The van der Waals surface area contributed by atoms with Crippen molar-refractivity contribution in [1.29, 1.82) is 0 Å². The summed E-state index contributed by atoms with van der Waals surface area (Å²) in [4.78, 5) is 2.36. The van der Waals surface area contributed by atoms with E-state index < -0.39 is 0 Å². The monoisotopic (exact) mass is 262 g/mol. The molecule has 3 heteroatoms. The van der Waals surface area contributed by atoms with Crippen molar-refractivity contribution in [3.63, 3.8) is 0 Å². The van der Waals surface area contributed by atoms with Crippen LogP contribution in [0.4, 0.5) is 0 Å². The average Bonchev–Trinajstić information content (AvgIpc) is 2.42. The number of piperidine rings is 1. The van der Waals surface area contributed by atoms with Crippen molar-refractivity contribution < 1.29 is 4.74 Å². The molecule has 0 saturated carbocycles. The summed E-state index contributed by atoms with van der Waals surface area (Å²) in [5.74, 6) is 1.01. The molecule has 1 aliphatic rings. The predicted molar refractivity (Wildman–Crippen MR) is 79.8 cm³/mol. The lowest BCUT2D eigenvalue weighted by atomic mass is 10.0. The van der Waals surface area contributed by atoms with Crippen LogP contribution in [0.3, 0.4) is 0 Å². The Morgan fingerprint density at radius 3 is 2.89 bits per heavy atom. The first kappa shape index (κ1) is 14.4. The summed E-state index contributed by atoms with van der Waals surface area (Å²) < 4.78 is 5.83. The van der Waals surface area contributed by atoms with Gasteiger partial charge in [0.05, 0.1) is 0 Å². The van der Waals surface area contributed by atoms with E-state index in [0.717, 1.165) is 25.4 Å². The molecule has 19 heavy (non-hydrogen) atoms. The fourth-order valence-corrected chi connectivity index (χ4v) is 2.58. The van der Waals surface area contributed by atoms with Gasteiger partial charge in [0.1, 0.15) is 12.4 Å². The molecule has 1 fully saturated rings. The third-order valence-electron chi connectivity index (χ3n) is 3.77. The lowest BCUT2D eigenvalue weighted by Crippen LogP contribution is -2.43. The Labute approximate surface area is 116 Å². The third-order valence-corrected chi connectivity index (χ3v) is 3.77. The molecule has 1 saturated heterocycles. The Morgan fingerprint density at radius 2 is 2.16 bits per heavy atom. The molecular formula is C16H26N2O. The van der Waals surface area contributed by atoms with Crippen LogP contribution in [0.25, 0.3) is 0 Å². The summed E-state index contributed by atoms with van der Waals surface area (Å²) in [6.07, 6.45) is 4.00. The standard InChI is InChI=1S/C16H26N2O/c1-14-7-3-4-9-16(14)19-12-11-18(2)13-15-8-5-6-10-17-15/h3-4,7,9,15,17H,5-6,8,10-13H2,1-2H3. The Morgan fingerprint density at radius 1 is 1.32 bits per heavy atom. The van der Waals surface area contributed by atoms with E-state index in [0.29, 0.717) is 6.04 Å². The van der Waals surface area contributed by atoms with Crippen LogP contribution >= 0.6 is 0 Å². The van der Waals surface area contributed by atoms with Crippen LogP contribution in [-0.2, 0) is 0 Å². The van der Waals surface area contributed by atoms with Crippen LogP contribution in [0.2, 0.25) is 0 Å². The van der Waals surface area contributed by atoms with Gasteiger partial charge in [0.2, 0.25) is 0 Å². The van der Waals surface area contributed by atoms with Crippen LogP contribution < -0.4 is 10.1 Å². The average molecular weight is 262 g/mol. The molecule has 0 radical (unpaired) electrons. The van der Waals surface area contributed by atoms with Gasteiger partial charge >= 0.3 is 0 Å². The molecule has 1 aromatic rings. The van der Waals surface area contributed by atoms with Crippen LogP contribution in [0.1, 0.15) is 24.8 Å². The van der Waals surface area contributed by atoms with E-state index in [-0.39, 0.29) is 0 Å². The molecule has 1 atom stereocenters. The summed E-state index contributed by atoms with van der Waals surface area (Å²) >= 11 is 0. The molecule has 0 bridgehead atoms. The van der Waals surface area contributed by atoms with Crippen LogP contribution in [0.5, 0.6) is 5.75 Å². The number of aryl methyl sites for hydroxylation is 1. The summed E-state index contributed by atoms with van der Waals surface area (Å²) in [6.45, 7) is 6.13. The first-order chi connectivity index (χ1) is 9.25. The van der Waals surface area contributed by atoms with Gasteiger partial charge < -0.3 is 15.0 Å². The minimum absolute atomic E-state index is 0.664. The SMILES string of the molecule is Cc1ccccc1OCCN(C)CC1CCCCN1. The Bertz CT molecular complexity index is 375. The van der Waals surface area contributed by atoms with Crippen LogP contribution in [0, 0.1) is 6.92 Å². The van der Waals surface area contributed by atoms with Gasteiger partial charge in [0.25, 0.3) is 0 Å². The summed E-state index contributed by atoms with van der Waals surface area (Å²) in [7, 11) is 2.18. The van der Waals surface area contributed by atoms with Crippen molar-refractivity contribution in [2.45, 2.75) is 32.2 Å². The smallest absolute Gasteiger partial charge is 0.122 e. The number of likely N-dealkylation sites (N-methyl/N-ethyl adjacent to an activating group) is 1. The molecule has 1 N–H and O–H groups in total. The molecule has 1 aliphatic heterocycles. The van der Waals surface area contributed by atoms with Gasteiger partial charge in [-0.3, -0.25) is 0 Å². The molecule has 1 unspecified atom stereocenters. The minimum Gasteiger partial charge on any atom is -0.492 e. The molecule has 0 aromatic heterocycles. The van der Waals surface area contributed by atoms with Gasteiger partial charge in [-0.2, -0.15) is 0 Å². The van der Waals surface area contributed by atoms with Crippen molar-refractivity contribution >= 4 is 0 Å². The fourth-order valence-electron chi connectivity index (χ4n) is 2.58. The first-order valence-electron chi connectivity index (χ1n) is 7.36. The van der Waals surface area contributed by atoms with Crippen LogP contribution in [-0.4, -0.2) is 44.2 Å². The van der Waals surface area contributed by atoms with Gasteiger partial charge in [-0.25, -0.2) is 0 Å². The van der Waals surface area contributed by atoms with E-state index in [4.69, 9.17) is 4.74 Å². The number of ether oxygens (including phenoxy) is 1. The maximum atomic E-state index is 5.83. The highest BCUT2D eigenvalue weighted by Gasteiger charge is 2.14. The molecule has 0 spiro atoms. The summed E-state index contributed by atoms with van der Waals surface area (Å²) in [5.41, 5.74) is 1.21. The lowest BCUT2D eigenvalue weighted by Gasteiger charge is -2.28. The van der Waals surface area contributed by atoms with Crippen molar-refractivity contribution in [3.8, 4) is 5.75 Å². The number of hydrogen-bond donors (Lipinski definition) is 1. The second kappa shape index (κ2) is 7.51. The highest BCUT2D eigenvalue weighted by molar-refractivity contribution is 5.31. The van der Waals surface area contributed by atoms with Gasteiger partial charge in [0.15, 0.2) is 0 Å². The van der Waals surface area contributed by atoms with Crippen LogP contribution in [0.15, 0.2) is 24.3 Å². The second-order valence-electron chi connectivity index (χ2n) is 5.52. The predicted octanol–water partition coefficient (Wildman–Crippen LogP) is 2.45. The fraction of sp³-hybridized carbons (Fsp3) is 0.625. The Hall–Kier alpha value is -1.06. The molecule has 3 nitrogen and oxygen atoms in total. The molecule has 0 amide bonds. The summed E-state index contributed by atoms with van der Waals surface area (Å²) in [6, 6.07) is 8.86. The van der Waals surface area contributed by atoms with Crippen molar-refractivity contribution in [2.24, 2.45) is 0 Å². The molecule has 1 heterocycles. The van der Waals surface area contributed by atoms with Gasteiger partial charge in [-0.1, -0.05) is 24.6 Å². The topological polar surface area (TPSA) is 24.5 Å². The normalized spacial score (nSPS) is 19.6. The number of hydrogen-bond acceptors (Lipinski definition) is 3. The third kappa shape index (κ3) is 4.84. The largest absolute Gasteiger partial charge is 0.492 e. The van der Waals surface area contributed by atoms with E-state index in [9.17, 15) is 0 Å². The lowest BCUT2D eigenvalue weighted by molar-refractivity contribution is 0.211. The quantitative estimate of drug-likeness (QED) is 0.852. The van der Waals surface area contributed by atoms with E-state index in [1.807, 2.05) is 18.2 Å². The zero-order chi connectivity index (χ0) is 13.5. The number of para-hydroxylation sites is 1. The Kier molecular flexibility index (Phi) is 5.67. The van der Waals surface area contributed by atoms with E-state index in [2.05, 4.69) is 30.3 Å². The van der Waals surface area contributed by atoms with E-state index >= 15 is 0 Å². The highest BCUT2D eigenvalue weighted by atomic mass is 16.5. The van der Waals surface area contributed by atoms with Crippen molar-refractivity contribution in [3.05, 3.63) is 29.8 Å². The summed E-state index contributed by atoms with van der Waals surface area (Å²) in [5, 5.41) is 3.58. The maximum absolute atomic E-state index is 5.83. The van der Waals surface area contributed by atoms with Gasteiger partial charge in [-0.05, 0) is 45.0 Å². The molecular weight excluding hydrogens is 236 g/mol. The van der Waals surface area contributed by atoms with Gasteiger partial charge in [-0.15, -0.1) is 0 Å².